The zero-order chi connectivity index (χ0) is 19.1. The van der Waals surface area contributed by atoms with Crippen molar-refractivity contribution in [3.8, 4) is 6.07 Å². The van der Waals surface area contributed by atoms with Gasteiger partial charge in [-0.25, -0.2) is 4.79 Å². The Morgan fingerprint density at radius 3 is 2.52 bits per heavy atom. The van der Waals surface area contributed by atoms with Crippen LogP contribution in [-0.4, -0.2) is 27.2 Å². The van der Waals surface area contributed by atoms with Gasteiger partial charge in [-0.2, -0.15) is 5.26 Å². The highest BCUT2D eigenvalue weighted by Gasteiger charge is 2.27. The molecule has 4 rings (SSSR count). The normalized spacial score (nSPS) is 15.2. The zero-order valence-corrected chi connectivity index (χ0v) is 15.4. The number of aromatic nitrogens is 3. The molecule has 1 saturated heterocycles. The molecule has 0 aliphatic carbocycles. The Morgan fingerprint density at radius 2 is 1.81 bits per heavy atom. The van der Waals surface area contributed by atoms with Crippen molar-refractivity contribution in [2.24, 2.45) is 14.1 Å². The van der Waals surface area contributed by atoms with Crippen LogP contribution in [0.1, 0.15) is 29.9 Å². The average Bonchev–Trinajstić information content (AvgIpc) is 3.13. The minimum absolute atomic E-state index is 0.0325. The Balaban J connectivity index is 1.65. The molecule has 0 amide bonds. The lowest BCUT2D eigenvalue weighted by Crippen LogP contribution is -2.44. The van der Waals surface area contributed by atoms with E-state index < -0.39 is 11.2 Å². The van der Waals surface area contributed by atoms with Crippen LogP contribution in [0.25, 0.3) is 10.9 Å². The first-order valence-electron chi connectivity index (χ1n) is 9.04. The second-order valence-corrected chi connectivity index (χ2v) is 7.07. The predicted molar refractivity (Wildman–Crippen MR) is 104 cm³/mol. The van der Waals surface area contributed by atoms with E-state index in [1.165, 1.54) is 22.6 Å². The molecule has 0 bridgehead atoms. The van der Waals surface area contributed by atoms with Gasteiger partial charge in [-0.05, 0) is 30.4 Å². The number of fused-ring (bicyclic) bond motifs is 1. The Bertz CT molecular complexity index is 1170. The van der Waals surface area contributed by atoms with Gasteiger partial charge in [-0.1, -0.05) is 18.2 Å². The fourth-order valence-corrected chi connectivity index (χ4v) is 4.14. The van der Waals surface area contributed by atoms with E-state index in [4.69, 9.17) is 0 Å². The van der Waals surface area contributed by atoms with E-state index in [2.05, 4.69) is 23.3 Å². The van der Waals surface area contributed by atoms with Crippen molar-refractivity contribution in [2.75, 3.05) is 18.0 Å². The van der Waals surface area contributed by atoms with Crippen LogP contribution in [0.2, 0.25) is 0 Å². The molecule has 7 nitrogen and oxygen atoms in total. The number of nitrogens with one attached hydrogen (secondary N) is 1. The lowest BCUT2D eigenvalue weighted by molar-refractivity contribution is 0.496. The first kappa shape index (κ1) is 17.2. The van der Waals surface area contributed by atoms with Gasteiger partial charge < -0.3 is 9.88 Å². The molecule has 3 heterocycles. The summed E-state index contributed by atoms with van der Waals surface area (Å²) in [5.41, 5.74) is 1.53. The first-order chi connectivity index (χ1) is 13.0. The van der Waals surface area contributed by atoms with Crippen LogP contribution in [0.5, 0.6) is 0 Å². The van der Waals surface area contributed by atoms with Gasteiger partial charge in [0, 0.05) is 44.3 Å². The number of hydrogen-bond donors (Lipinski definition) is 1. The van der Waals surface area contributed by atoms with Crippen molar-refractivity contribution >= 4 is 16.7 Å². The molecule has 0 radical (unpaired) electrons. The van der Waals surface area contributed by atoms with Gasteiger partial charge in [0.15, 0.2) is 5.56 Å². The van der Waals surface area contributed by atoms with E-state index >= 15 is 0 Å². The highest BCUT2D eigenvalue weighted by atomic mass is 16.2. The van der Waals surface area contributed by atoms with E-state index in [1.54, 1.807) is 7.05 Å². The van der Waals surface area contributed by atoms with Crippen LogP contribution in [0.15, 0.2) is 40.1 Å². The fraction of sp³-hybridized carbons (Fsp3) is 0.350. The zero-order valence-electron chi connectivity index (χ0n) is 15.4. The van der Waals surface area contributed by atoms with Crippen molar-refractivity contribution < 1.29 is 0 Å². The third-order valence-electron chi connectivity index (χ3n) is 5.60. The summed E-state index contributed by atoms with van der Waals surface area (Å²) >= 11 is 0. The molecule has 1 aromatic carbocycles. The molecule has 0 saturated carbocycles. The maximum Gasteiger partial charge on any atom is 0.332 e. The van der Waals surface area contributed by atoms with Gasteiger partial charge in [0.1, 0.15) is 11.9 Å². The second kappa shape index (κ2) is 6.47. The third kappa shape index (κ3) is 2.65. The van der Waals surface area contributed by atoms with Crippen molar-refractivity contribution in [1.29, 1.82) is 5.26 Å². The second-order valence-electron chi connectivity index (χ2n) is 7.07. The van der Waals surface area contributed by atoms with Crippen LogP contribution >= 0.6 is 0 Å². The molecule has 27 heavy (non-hydrogen) atoms. The molecule has 2 aromatic heterocycles. The molecule has 1 N–H and O–H groups in total. The quantitative estimate of drug-likeness (QED) is 0.752. The molecule has 0 spiro atoms. The monoisotopic (exact) mass is 363 g/mol. The molecular weight excluding hydrogens is 342 g/mol. The summed E-state index contributed by atoms with van der Waals surface area (Å²) in [6, 6.07) is 10.3. The molecule has 7 heteroatoms. The molecule has 1 aliphatic heterocycles. The number of piperidine rings is 1. The number of aromatic amines is 1. The molecule has 0 atom stereocenters. The van der Waals surface area contributed by atoms with E-state index in [-0.39, 0.29) is 5.56 Å². The van der Waals surface area contributed by atoms with Crippen LogP contribution in [0.4, 0.5) is 5.82 Å². The number of benzene rings is 1. The number of nitriles is 1. The van der Waals surface area contributed by atoms with Crippen molar-refractivity contribution in [1.82, 2.24) is 14.1 Å². The third-order valence-corrected chi connectivity index (χ3v) is 5.60. The van der Waals surface area contributed by atoms with Gasteiger partial charge >= 0.3 is 5.69 Å². The van der Waals surface area contributed by atoms with Crippen molar-refractivity contribution in [3.05, 3.63) is 62.4 Å². The fourth-order valence-electron chi connectivity index (χ4n) is 4.14. The molecule has 3 aromatic rings. The summed E-state index contributed by atoms with van der Waals surface area (Å²) in [5.74, 6) is 0.842. The number of para-hydroxylation sites is 1. The van der Waals surface area contributed by atoms with Crippen molar-refractivity contribution in [2.45, 2.75) is 18.8 Å². The minimum Gasteiger partial charge on any atom is -0.361 e. The lowest BCUT2D eigenvalue weighted by Gasteiger charge is -2.34. The summed E-state index contributed by atoms with van der Waals surface area (Å²) in [6.45, 7) is 1.39. The average molecular weight is 363 g/mol. The van der Waals surface area contributed by atoms with E-state index in [0.717, 1.165) is 22.9 Å². The Hall–Kier alpha value is -3.27. The first-order valence-corrected chi connectivity index (χ1v) is 9.04. The molecule has 138 valence electrons. The number of anilines is 1. The summed E-state index contributed by atoms with van der Waals surface area (Å²) in [4.78, 5) is 30.0. The predicted octanol–water partition coefficient (Wildman–Crippen LogP) is 1.82. The summed E-state index contributed by atoms with van der Waals surface area (Å²) < 4.78 is 2.40. The standard InChI is InChI=1S/C20H21N5O2/c1-23-18(15(11-21)19(26)24(2)20(23)27)25-9-7-13(8-10-25)16-12-22-17-6-4-3-5-14(16)17/h3-6,12-13,22H,7-10H2,1-2H3. The Kier molecular flexibility index (Phi) is 4.11. The molecule has 0 unspecified atom stereocenters. The Labute approximate surface area is 156 Å². The van der Waals surface area contributed by atoms with Crippen LogP contribution in [0.3, 0.4) is 0 Å². The topological polar surface area (TPSA) is 86.8 Å². The van der Waals surface area contributed by atoms with Crippen LogP contribution < -0.4 is 16.1 Å². The van der Waals surface area contributed by atoms with Crippen molar-refractivity contribution in [3.63, 3.8) is 0 Å². The highest BCUT2D eigenvalue weighted by Crippen LogP contribution is 2.34. The van der Waals surface area contributed by atoms with Gasteiger partial charge in [-0.15, -0.1) is 0 Å². The number of H-pyrrole nitrogens is 1. The smallest absolute Gasteiger partial charge is 0.332 e. The summed E-state index contributed by atoms with van der Waals surface area (Å²) in [6.07, 6.45) is 3.88. The van der Waals surface area contributed by atoms with Gasteiger partial charge in [0.25, 0.3) is 5.56 Å². The minimum atomic E-state index is -0.533. The van der Waals surface area contributed by atoms with Gasteiger partial charge in [-0.3, -0.25) is 13.9 Å². The van der Waals surface area contributed by atoms with Gasteiger partial charge in [0.05, 0.1) is 0 Å². The van der Waals surface area contributed by atoms with E-state index in [1.807, 2.05) is 23.1 Å². The summed E-state index contributed by atoms with van der Waals surface area (Å²) in [5, 5.41) is 10.7. The highest BCUT2D eigenvalue weighted by molar-refractivity contribution is 5.83. The lowest BCUT2D eigenvalue weighted by atomic mass is 9.89. The number of nitrogens with zero attached hydrogens (tertiary/aromatic N) is 4. The maximum absolute atomic E-state index is 12.3. The largest absolute Gasteiger partial charge is 0.361 e. The molecular formula is C20H21N5O2. The van der Waals surface area contributed by atoms with Crippen LogP contribution in [-0.2, 0) is 14.1 Å². The van der Waals surface area contributed by atoms with Crippen LogP contribution in [0, 0.1) is 11.3 Å². The number of rotatable bonds is 2. The molecule has 1 fully saturated rings. The van der Waals surface area contributed by atoms with Gasteiger partial charge in [0.2, 0.25) is 0 Å². The van der Waals surface area contributed by atoms with E-state index in [0.29, 0.717) is 24.8 Å². The number of hydrogen-bond acceptors (Lipinski definition) is 4. The maximum atomic E-state index is 12.3. The SMILES string of the molecule is Cn1c(N2CCC(c3c[nH]c4ccccc34)CC2)c(C#N)c(=O)n(C)c1=O. The van der Waals surface area contributed by atoms with E-state index in [9.17, 15) is 14.9 Å². The molecule has 1 aliphatic rings. The Morgan fingerprint density at radius 1 is 1.11 bits per heavy atom. The summed E-state index contributed by atoms with van der Waals surface area (Å²) in [7, 11) is 3.02.